The molecule has 0 atom stereocenters. The Labute approximate surface area is 212 Å². The third-order valence-corrected chi connectivity index (χ3v) is 6.23. The highest BCUT2D eigenvalue weighted by molar-refractivity contribution is 5.84. The maximum absolute atomic E-state index is 12.9. The first-order valence-electron chi connectivity index (χ1n) is 12.2. The molecule has 0 saturated carbocycles. The quantitative estimate of drug-likeness (QED) is 0.269. The van der Waals surface area contributed by atoms with Crippen molar-refractivity contribution in [2.75, 3.05) is 36.0 Å². The molecule has 0 fully saturated rings. The van der Waals surface area contributed by atoms with Crippen molar-refractivity contribution >= 4 is 33.3 Å². The zero-order chi connectivity index (χ0) is 27.3. The number of nitrogens with zero attached hydrogens (tertiary/aromatic N) is 2. The minimum atomic E-state index is -4.58. The molecule has 2 heterocycles. The zero-order valence-corrected chi connectivity index (χ0v) is 21.6. The number of aryl methyl sites for hydroxylation is 1. The number of benzene rings is 2. The van der Waals surface area contributed by atoms with Gasteiger partial charge in [-0.1, -0.05) is 0 Å². The van der Waals surface area contributed by atoms with Crippen molar-refractivity contribution < 1.29 is 22.0 Å². The van der Waals surface area contributed by atoms with Crippen molar-refractivity contribution in [1.29, 1.82) is 0 Å². The van der Waals surface area contributed by atoms with Crippen LogP contribution in [0.25, 0.3) is 21.9 Å². The van der Waals surface area contributed by atoms with E-state index in [9.17, 15) is 22.8 Å². The van der Waals surface area contributed by atoms with Crippen LogP contribution in [-0.4, -0.2) is 26.2 Å². The van der Waals surface area contributed by atoms with Crippen LogP contribution in [0.3, 0.4) is 0 Å². The summed E-state index contributed by atoms with van der Waals surface area (Å²) in [4.78, 5) is 26.8. The maximum atomic E-state index is 12.9. The molecule has 198 valence electrons. The molecule has 0 aliphatic heterocycles. The van der Waals surface area contributed by atoms with Gasteiger partial charge < -0.3 is 18.6 Å². The Balaban J connectivity index is 0.000000208. The molecule has 2 aromatic carbocycles. The van der Waals surface area contributed by atoms with Gasteiger partial charge in [0.2, 0.25) is 0 Å². The van der Waals surface area contributed by atoms with Crippen molar-refractivity contribution in [3.05, 3.63) is 80.5 Å². The van der Waals surface area contributed by atoms with Gasteiger partial charge in [0, 0.05) is 72.6 Å². The highest BCUT2D eigenvalue weighted by atomic mass is 19.4. The van der Waals surface area contributed by atoms with Gasteiger partial charge in [-0.3, -0.25) is 0 Å². The highest BCUT2D eigenvalue weighted by Crippen LogP contribution is 2.35. The van der Waals surface area contributed by atoms with Crippen LogP contribution in [0.4, 0.5) is 24.5 Å². The Hall–Kier alpha value is -3.75. The van der Waals surface area contributed by atoms with Crippen molar-refractivity contribution in [2.24, 2.45) is 0 Å². The van der Waals surface area contributed by atoms with Gasteiger partial charge in [0.1, 0.15) is 11.2 Å². The van der Waals surface area contributed by atoms with Gasteiger partial charge in [-0.05, 0) is 64.4 Å². The average Bonchev–Trinajstić information content (AvgIpc) is 2.84. The fourth-order valence-electron chi connectivity index (χ4n) is 4.27. The van der Waals surface area contributed by atoms with E-state index < -0.39 is 17.4 Å². The topological polar surface area (TPSA) is 66.9 Å². The number of alkyl halides is 3. The molecule has 0 aliphatic rings. The minimum Gasteiger partial charge on any atom is -0.423 e. The van der Waals surface area contributed by atoms with Gasteiger partial charge in [-0.15, -0.1) is 0 Å². The molecular weight excluding hydrogens is 485 g/mol. The van der Waals surface area contributed by atoms with E-state index in [0.29, 0.717) is 24.7 Å². The third kappa shape index (κ3) is 6.34. The highest BCUT2D eigenvalue weighted by Gasteiger charge is 2.33. The number of fused-ring (bicyclic) bond motifs is 2. The Bertz CT molecular complexity index is 1480. The molecule has 0 unspecified atom stereocenters. The number of hydrogen-bond acceptors (Lipinski definition) is 6. The molecule has 2 aromatic heterocycles. The molecule has 9 heteroatoms. The van der Waals surface area contributed by atoms with Crippen molar-refractivity contribution in [3.8, 4) is 0 Å². The summed E-state index contributed by atoms with van der Waals surface area (Å²) in [6.07, 6.45) is -4.58. The van der Waals surface area contributed by atoms with Crippen LogP contribution in [-0.2, 0) is 6.18 Å². The Kier molecular flexibility index (Phi) is 8.68. The molecule has 0 radical (unpaired) electrons. The second-order valence-corrected chi connectivity index (χ2v) is 8.43. The first kappa shape index (κ1) is 27.8. The lowest BCUT2D eigenvalue weighted by Crippen LogP contribution is -2.21. The second kappa shape index (κ2) is 11.5. The van der Waals surface area contributed by atoms with E-state index in [2.05, 4.69) is 24.8 Å². The van der Waals surface area contributed by atoms with Crippen LogP contribution in [0.15, 0.2) is 67.0 Å². The number of anilines is 2. The number of halogens is 3. The van der Waals surface area contributed by atoms with Crippen LogP contribution in [0.2, 0.25) is 0 Å². The van der Waals surface area contributed by atoms with Crippen molar-refractivity contribution in [2.45, 2.75) is 40.8 Å². The summed E-state index contributed by atoms with van der Waals surface area (Å²) in [5.74, 6) is 0. The summed E-state index contributed by atoms with van der Waals surface area (Å²) in [5.41, 5.74) is 1.15. The number of hydrogen-bond donors (Lipinski definition) is 0. The van der Waals surface area contributed by atoms with Crippen molar-refractivity contribution in [3.63, 3.8) is 0 Å². The summed E-state index contributed by atoms with van der Waals surface area (Å²) in [5, 5.41) is 0.897. The van der Waals surface area contributed by atoms with Gasteiger partial charge in [-0.2, -0.15) is 13.2 Å². The van der Waals surface area contributed by atoms with E-state index in [-0.39, 0.29) is 16.6 Å². The molecule has 0 spiro atoms. The standard InChI is InChI=1S/C14H14F3NO2.C14H17NO2/c1-3-18(4-2)9-5-6-10-11(14(15,16)17)8-13(19)20-12(10)7-9;1-4-15(5-2)11-6-7-12-10(3)8-14(16)17-13(12)9-11/h5-8H,3-4H2,1-2H3;6-9H,4-5H2,1-3H3. The summed E-state index contributed by atoms with van der Waals surface area (Å²) in [7, 11) is 0. The van der Waals surface area contributed by atoms with Gasteiger partial charge >= 0.3 is 17.4 Å². The molecule has 4 aromatic rings. The molecule has 4 rings (SSSR count). The second-order valence-electron chi connectivity index (χ2n) is 8.43. The lowest BCUT2D eigenvalue weighted by Gasteiger charge is -2.21. The average molecular weight is 517 g/mol. The fourth-order valence-corrected chi connectivity index (χ4v) is 4.27. The van der Waals surface area contributed by atoms with Crippen LogP contribution >= 0.6 is 0 Å². The van der Waals surface area contributed by atoms with Crippen LogP contribution in [0.5, 0.6) is 0 Å². The van der Waals surface area contributed by atoms with Gasteiger partial charge in [0.25, 0.3) is 0 Å². The largest absolute Gasteiger partial charge is 0.423 e. The Morgan fingerprint density at radius 3 is 1.57 bits per heavy atom. The SMILES string of the molecule is CCN(CC)c1ccc2c(C(F)(F)F)cc(=O)oc2c1.CCN(CC)c1ccc2c(C)cc(=O)oc2c1. The van der Waals surface area contributed by atoms with Crippen LogP contribution < -0.4 is 21.1 Å². The van der Waals surface area contributed by atoms with E-state index in [1.54, 1.807) is 6.07 Å². The monoisotopic (exact) mass is 516 g/mol. The summed E-state index contributed by atoms with van der Waals surface area (Å²) in [6, 6.07) is 12.5. The molecule has 0 bridgehead atoms. The van der Waals surface area contributed by atoms with E-state index in [1.165, 1.54) is 18.2 Å². The van der Waals surface area contributed by atoms with E-state index in [1.807, 2.05) is 37.8 Å². The Morgan fingerprint density at radius 1 is 0.676 bits per heavy atom. The molecule has 0 saturated heterocycles. The van der Waals surface area contributed by atoms with Crippen molar-refractivity contribution in [1.82, 2.24) is 0 Å². The maximum Gasteiger partial charge on any atom is 0.417 e. The Morgan fingerprint density at radius 2 is 1.11 bits per heavy atom. The molecule has 37 heavy (non-hydrogen) atoms. The van der Waals surface area contributed by atoms with E-state index >= 15 is 0 Å². The normalized spacial score (nSPS) is 11.4. The number of rotatable bonds is 6. The predicted octanol–water partition coefficient (Wildman–Crippen LogP) is 6.61. The molecule has 6 nitrogen and oxygen atoms in total. The minimum absolute atomic E-state index is 0.0470. The summed E-state index contributed by atoms with van der Waals surface area (Å²) < 4.78 is 48.8. The van der Waals surface area contributed by atoms with Crippen LogP contribution in [0.1, 0.15) is 38.8 Å². The fraction of sp³-hybridized carbons (Fsp3) is 0.357. The van der Waals surface area contributed by atoms with Gasteiger partial charge in [0.15, 0.2) is 0 Å². The zero-order valence-electron chi connectivity index (χ0n) is 21.6. The molecule has 0 N–H and O–H groups in total. The molecule has 0 aliphatic carbocycles. The lowest BCUT2D eigenvalue weighted by molar-refractivity contribution is -0.136. The lowest BCUT2D eigenvalue weighted by atomic mass is 10.1. The third-order valence-electron chi connectivity index (χ3n) is 6.23. The van der Waals surface area contributed by atoms with Crippen LogP contribution in [0, 0.1) is 6.92 Å². The smallest absolute Gasteiger partial charge is 0.417 e. The first-order valence-corrected chi connectivity index (χ1v) is 12.2. The van der Waals surface area contributed by atoms with E-state index in [4.69, 9.17) is 8.83 Å². The summed E-state index contributed by atoms with van der Waals surface area (Å²) >= 11 is 0. The molecular formula is C28H31F3N2O4. The van der Waals surface area contributed by atoms with E-state index in [0.717, 1.165) is 35.4 Å². The first-order chi connectivity index (χ1) is 17.5. The van der Waals surface area contributed by atoms with Gasteiger partial charge in [-0.25, -0.2) is 9.59 Å². The van der Waals surface area contributed by atoms with Gasteiger partial charge in [0.05, 0.1) is 5.56 Å². The predicted molar refractivity (Wildman–Crippen MR) is 142 cm³/mol. The summed E-state index contributed by atoms with van der Waals surface area (Å²) in [6.45, 7) is 13.3. The molecule has 0 amide bonds.